The minimum Gasteiger partial charge on any atom is -0.334 e. The fraction of sp³-hybridized carbons (Fsp3) is 0.800. The fourth-order valence-corrected chi connectivity index (χ4v) is 1.64. The Hall–Kier alpha value is 0.200. The summed E-state index contributed by atoms with van der Waals surface area (Å²) in [7, 11) is 1.31. The highest BCUT2D eigenvalue weighted by molar-refractivity contribution is 8.08. The predicted molar refractivity (Wildman–Crippen MR) is 46.8 cm³/mol. The Bertz CT molecular complexity index is 196. The van der Waals surface area contributed by atoms with Crippen molar-refractivity contribution in [3.63, 3.8) is 0 Å². The Morgan fingerprint density at radius 3 is 2.55 bits per heavy atom. The molecule has 66 valence electrons. The van der Waals surface area contributed by atoms with Crippen LogP contribution < -0.4 is 5.09 Å². The topological polar surface area (TPSA) is 58.6 Å². The van der Waals surface area contributed by atoms with Gasteiger partial charge in [-0.25, -0.2) is 5.09 Å². The molecule has 0 rings (SSSR count). The number of carbonyl (C=O) groups excluding carboxylic acids is 1. The van der Waals surface area contributed by atoms with Gasteiger partial charge < -0.3 is 9.42 Å². The van der Waals surface area contributed by atoms with Gasteiger partial charge in [0, 0.05) is 7.11 Å². The van der Waals surface area contributed by atoms with Gasteiger partial charge in [0.2, 0.25) is 0 Å². The minimum absolute atomic E-state index is 0.0784. The van der Waals surface area contributed by atoms with E-state index in [2.05, 4.69) is 21.4 Å². The molecule has 4 nitrogen and oxygen atoms in total. The average molecular weight is 197 g/mol. The molecule has 0 saturated carbocycles. The van der Waals surface area contributed by atoms with Crippen LogP contribution >= 0.6 is 6.64 Å². The molecule has 0 bridgehead atoms. The summed E-state index contributed by atoms with van der Waals surface area (Å²) in [6.07, 6.45) is 0. The van der Waals surface area contributed by atoms with Crippen LogP contribution in [0.4, 0.5) is 0 Å². The summed E-state index contributed by atoms with van der Waals surface area (Å²) in [5.74, 6) is -0.0784. The molecule has 2 N–H and O–H groups in total. The molecule has 2 atom stereocenters. The van der Waals surface area contributed by atoms with Crippen molar-refractivity contribution in [3.8, 4) is 0 Å². The summed E-state index contributed by atoms with van der Waals surface area (Å²) in [6.45, 7) is 0.122. The zero-order valence-corrected chi connectivity index (χ0v) is 8.41. The molecule has 0 aromatic carbocycles. The first kappa shape index (κ1) is 11.2. The van der Waals surface area contributed by atoms with Crippen LogP contribution in [0.3, 0.4) is 0 Å². The highest BCUT2D eigenvalue weighted by Gasteiger charge is 2.17. The molecule has 0 radical (unpaired) electrons. The molecular weight excluding hydrogens is 185 g/mol. The second-order valence-electron chi connectivity index (χ2n) is 2.16. The van der Waals surface area contributed by atoms with E-state index in [1.165, 1.54) is 14.0 Å². The number of nitrogens with one attached hydrogen (secondary N) is 1. The third kappa shape index (κ3) is 4.61. The van der Waals surface area contributed by atoms with E-state index in [0.717, 1.165) is 0 Å². The molecule has 0 fully saturated rings. The number of Topliss-reactive ketones (excluding diaryl/α,β-unsaturated/α-hetero) is 1. The van der Waals surface area contributed by atoms with Gasteiger partial charge in [0.15, 0.2) is 0 Å². The summed E-state index contributed by atoms with van der Waals surface area (Å²) >= 11 is 4.62. The molecule has 0 saturated heterocycles. The average Bonchev–Trinajstić information content (AvgIpc) is 1.87. The first-order chi connectivity index (χ1) is 4.89. The van der Waals surface area contributed by atoms with Gasteiger partial charge in [-0.1, -0.05) is 0 Å². The zero-order valence-electron chi connectivity index (χ0n) is 6.70. The Morgan fingerprint density at radius 1 is 1.82 bits per heavy atom. The minimum atomic E-state index is -2.92. The normalized spacial score (nSPS) is 18.9. The van der Waals surface area contributed by atoms with Gasteiger partial charge in [-0.2, -0.15) is 0 Å². The Kier molecular flexibility index (Phi) is 4.36. The fourth-order valence-electron chi connectivity index (χ4n) is 0.388. The van der Waals surface area contributed by atoms with Crippen LogP contribution in [-0.2, 0) is 21.1 Å². The smallest absolute Gasteiger partial charge is 0.258 e. The third-order valence-corrected chi connectivity index (χ3v) is 3.19. The molecular formula is C5H12NO3PS. The van der Waals surface area contributed by atoms with Crippen molar-refractivity contribution in [1.82, 2.24) is 5.09 Å². The van der Waals surface area contributed by atoms with Crippen molar-refractivity contribution in [2.45, 2.75) is 19.9 Å². The van der Waals surface area contributed by atoms with E-state index in [0.29, 0.717) is 0 Å². The Balaban J connectivity index is 4.04. The monoisotopic (exact) mass is 197 g/mol. The molecule has 6 heteroatoms. The van der Waals surface area contributed by atoms with E-state index in [1.807, 2.05) is 0 Å². The first-order valence-corrected chi connectivity index (χ1v) is 5.73. The maximum absolute atomic E-state index is 10.7. The van der Waals surface area contributed by atoms with Gasteiger partial charge >= 0.3 is 0 Å². The van der Waals surface area contributed by atoms with Crippen LogP contribution in [0.25, 0.3) is 0 Å². The highest BCUT2D eigenvalue weighted by Crippen LogP contribution is 2.36. The van der Waals surface area contributed by atoms with Crippen LogP contribution in [0, 0.1) is 0 Å². The quantitative estimate of drug-likeness (QED) is 0.639. The van der Waals surface area contributed by atoms with Crippen molar-refractivity contribution in [3.05, 3.63) is 0 Å². The summed E-state index contributed by atoms with van der Waals surface area (Å²) in [5, 5.41) is 2.52. The van der Waals surface area contributed by atoms with Crippen LogP contribution in [0.1, 0.15) is 13.8 Å². The van der Waals surface area contributed by atoms with Crippen LogP contribution in [0.2, 0.25) is 0 Å². The van der Waals surface area contributed by atoms with Crippen molar-refractivity contribution < 1.29 is 14.2 Å². The number of hydrogen-bond donors (Lipinski definition) is 2. The van der Waals surface area contributed by atoms with Crippen LogP contribution in [0.15, 0.2) is 0 Å². The molecule has 0 aliphatic rings. The molecule has 1 unspecified atom stereocenters. The number of carbonyl (C=O) groups is 1. The SMILES string of the molecule is COP(O)(=S)N[C@H](C)C(C)=O. The van der Waals surface area contributed by atoms with E-state index >= 15 is 0 Å². The number of hydrogen-bond acceptors (Lipinski definition) is 3. The second kappa shape index (κ2) is 4.28. The molecule has 0 spiro atoms. The van der Waals surface area contributed by atoms with Gasteiger partial charge in [0.1, 0.15) is 5.78 Å². The Morgan fingerprint density at radius 2 is 2.27 bits per heavy atom. The standard InChI is InChI=1S/C5H12NO3PS/c1-4(5(2)7)6-10(8,11)9-3/h4H,1-3H3,(H2,6,8,11)/t4-,10?/m1/s1. The zero-order chi connectivity index (χ0) is 9.07. The van der Waals surface area contributed by atoms with Gasteiger partial charge in [0.05, 0.1) is 6.04 Å². The van der Waals surface area contributed by atoms with Crippen LogP contribution in [-0.4, -0.2) is 23.8 Å². The summed E-state index contributed by atoms with van der Waals surface area (Å²) in [6, 6.07) is -0.453. The van der Waals surface area contributed by atoms with Gasteiger partial charge in [-0.05, 0) is 25.7 Å². The molecule has 0 amide bonds. The third-order valence-electron chi connectivity index (χ3n) is 1.21. The van der Waals surface area contributed by atoms with Crippen molar-refractivity contribution in [2.75, 3.05) is 7.11 Å². The summed E-state index contributed by atoms with van der Waals surface area (Å²) in [5.41, 5.74) is 0. The maximum Gasteiger partial charge on any atom is 0.258 e. The number of rotatable bonds is 4. The lowest BCUT2D eigenvalue weighted by Crippen LogP contribution is -2.29. The van der Waals surface area contributed by atoms with Gasteiger partial charge in [0.25, 0.3) is 6.64 Å². The molecule has 11 heavy (non-hydrogen) atoms. The van der Waals surface area contributed by atoms with Crippen molar-refractivity contribution in [2.24, 2.45) is 0 Å². The van der Waals surface area contributed by atoms with E-state index in [9.17, 15) is 9.69 Å². The van der Waals surface area contributed by atoms with Crippen molar-refractivity contribution in [1.29, 1.82) is 0 Å². The summed E-state index contributed by atoms with van der Waals surface area (Å²) < 4.78 is 4.58. The molecule has 0 aromatic heterocycles. The molecule has 0 aliphatic heterocycles. The molecule has 0 heterocycles. The predicted octanol–water partition coefficient (Wildman–Crippen LogP) is 0.417. The van der Waals surface area contributed by atoms with E-state index in [4.69, 9.17) is 0 Å². The van der Waals surface area contributed by atoms with Gasteiger partial charge in [-0.3, -0.25) is 4.79 Å². The largest absolute Gasteiger partial charge is 0.334 e. The molecule has 0 aromatic rings. The number of ketones is 1. The van der Waals surface area contributed by atoms with E-state index in [1.54, 1.807) is 6.92 Å². The second-order valence-corrected chi connectivity index (χ2v) is 5.31. The van der Waals surface area contributed by atoms with E-state index < -0.39 is 12.7 Å². The lowest BCUT2D eigenvalue weighted by molar-refractivity contribution is -0.118. The molecule has 0 aliphatic carbocycles. The van der Waals surface area contributed by atoms with E-state index in [-0.39, 0.29) is 5.78 Å². The highest BCUT2D eigenvalue weighted by atomic mass is 32.5. The summed E-state index contributed by atoms with van der Waals surface area (Å²) in [4.78, 5) is 19.9. The lowest BCUT2D eigenvalue weighted by atomic mass is 10.3. The van der Waals surface area contributed by atoms with Crippen LogP contribution in [0.5, 0.6) is 0 Å². The van der Waals surface area contributed by atoms with Gasteiger partial charge in [-0.15, -0.1) is 0 Å². The first-order valence-electron chi connectivity index (χ1n) is 3.06. The van der Waals surface area contributed by atoms with Crippen molar-refractivity contribution >= 4 is 24.2 Å². The lowest BCUT2D eigenvalue weighted by Gasteiger charge is -2.17. The Labute approximate surface area is 71.2 Å². The maximum atomic E-state index is 10.7.